The molecule has 0 saturated heterocycles. The van der Waals surface area contributed by atoms with E-state index < -0.39 is 10.8 Å². The first-order chi connectivity index (χ1) is 7.24. The zero-order valence-corrected chi connectivity index (χ0v) is 9.83. The molecule has 84 valence electrons. The van der Waals surface area contributed by atoms with Crippen molar-refractivity contribution >= 4 is 10.8 Å². The van der Waals surface area contributed by atoms with Crippen LogP contribution in [-0.2, 0) is 20.3 Å². The van der Waals surface area contributed by atoms with Gasteiger partial charge in [0.1, 0.15) is 0 Å². The van der Waals surface area contributed by atoms with Crippen molar-refractivity contribution < 1.29 is 13.7 Å². The summed E-state index contributed by atoms with van der Waals surface area (Å²) in [6, 6.07) is 9.38. The fourth-order valence-corrected chi connectivity index (χ4v) is 1.99. The molecule has 0 amide bonds. The molecule has 0 aliphatic heterocycles. The van der Waals surface area contributed by atoms with Crippen LogP contribution >= 0.6 is 0 Å². The van der Waals surface area contributed by atoms with Crippen LogP contribution in [0.15, 0.2) is 35.2 Å². The molecule has 0 aliphatic rings. The highest BCUT2D eigenvalue weighted by molar-refractivity contribution is 7.85. The molecule has 0 aliphatic carbocycles. The Balaban J connectivity index is 2.31. The summed E-state index contributed by atoms with van der Waals surface area (Å²) in [6.45, 7) is 2.25. The van der Waals surface area contributed by atoms with Crippen LogP contribution in [0.3, 0.4) is 0 Å². The number of ether oxygens (including phenoxy) is 2. The van der Waals surface area contributed by atoms with Gasteiger partial charge in [0.25, 0.3) is 0 Å². The predicted octanol–water partition coefficient (Wildman–Crippen LogP) is 1.80. The Labute approximate surface area is 92.9 Å². The Kier molecular flexibility index (Phi) is 5.53. The van der Waals surface area contributed by atoms with Crippen molar-refractivity contribution in [2.75, 3.05) is 19.5 Å². The van der Waals surface area contributed by atoms with Gasteiger partial charge in [-0.3, -0.25) is 4.21 Å². The molecular formula is C11H16O3S. The molecule has 4 heteroatoms. The first-order valence-corrected chi connectivity index (χ1v) is 6.13. The van der Waals surface area contributed by atoms with E-state index in [0.29, 0.717) is 12.4 Å². The maximum Gasteiger partial charge on any atom is 0.154 e. The van der Waals surface area contributed by atoms with Gasteiger partial charge in [-0.05, 0) is 19.1 Å². The monoisotopic (exact) mass is 228 g/mol. The molecule has 0 bridgehead atoms. The van der Waals surface area contributed by atoms with Gasteiger partial charge in [-0.1, -0.05) is 18.2 Å². The van der Waals surface area contributed by atoms with Crippen molar-refractivity contribution in [2.45, 2.75) is 18.1 Å². The largest absolute Gasteiger partial charge is 0.356 e. The zero-order chi connectivity index (χ0) is 11.1. The van der Waals surface area contributed by atoms with Crippen LogP contribution in [0.25, 0.3) is 0 Å². The minimum absolute atomic E-state index is 0.238. The molecular weight excluding hydrogens is 212 g/mol. The van der Waals surface area contributed by atoms with Gasteiger partial charge >= 0.3 is 0 Å². The van der Waals surface area contributed by atoms with Gasteiger partial charge in [-0.2, -0.15) is 0 Å². The quantitative estimate of drug-likeness (QED) is 0.696. The molecule has 0 radical (unpaired) electrons. The van der Waals surface area contributed by atoms with Crippen LogP contribution in [0.1, 0.15) is 6.92 Å². The summed E-state index contributed by atoms with van der Waals surface area (Å²) in [4.78, 5) is 0.839. The summed E-state index contributed by atoms with van der Waals surface area (Å²) in [6.07, 6.45) is -0.238. The number of rotatable bonds is 6. The third kappa shape index (κ3) is 4.55. The first kappa shape index (κ1) is 12.4. The Morgan fingerprint density at radius 1 is 1.33 bits per heavy atom. The van der Waals surface area contributed by atoms with Crippen LogP contribution in [0.2, 0.25) is 0 Å². The second-order valence-electron chi connectivity index (χ2n) is 3.04. The summed E-state index contributed by atoms with van der Waals surface area (Å²) < 4.78 is 21.9. The molecule has 2 atom stereocenters. The van der Waals surface area contributed by atoms with E-state index in [-0.39, 0.29) is 6.29 Å². The van der Waals surface area contributed by atoms with Gasteiger partial charge < -0.3 is 9.47 Å². The van der Waals surface area contributed by atoms with E-state index in [0.717, 1.165) is 4.90 Å². The van der Waals surface area contributed by atoms with Crippen LogP contribution in [-0.4, -0.2) is 30.0 Å². The summed E-state index contributed by atoms with van der Waals surface area (Å²) in [5, 5.41) is 0. The highest BCUT2D eigenvalue weighted by atomic mass is 32.2. The van der Waals surface area contributed by atoms with Gasteiger partial charge in [-0.15, -0.1) is 0 Å². The molecule has 1 aromatic rings. The maximum atomic E-state index is 11.7. The van der Waals surface area contributed by atoms with Crippen LogP contribution < -0.4 is 0 Å². The zero-order valence-electron chi connectivity index (χ0n) is 9.01. The highest BCUT2D eigenvalue weighted by Crippen LogP contribution is 2.05. The fraction of sp³-hybridized carbons (Fsp3) is 0.455. The predicted molar refractivity (Wildman–Crippen MR) is 60.1 cm³/mol. The van der Waals surface area contributed by atoms with Gasteiger partial charge in [0.15, 0.2) is 6.29 Å². The van der Waals surface area contributed by atoms with Crippen molar-refractivity contribution in [3.05, 3.63) is 30.3 Å². The van der Waals surface area contributed by atoms with E-state index >= 15 is 0 Å². The summed E-state index contributed by atoms with van der Waals surface area (Å²) >= 11 is 0. The van der Waals surface area contributed by atoms with E-state index in [1.807, 2.05) is 37.3 Å². The van der Waals surface area contributed by atoms with Crippen molar-refractivity contribution in [3.63, 3.8) is 0 Å². The lowest BCUT2D eigenvalue weighted by Gasteiger charge is -2.10. The summed E-state index contributed by atoms with van der Waals surface area (Å²) in [7, 11) is 0.600. The Bertz CT molecular complexity index is 300. The van der Waals surface area contributed by atoms with Crippen LogP contribution in [0.5, 0.6) is 0 Å². The van der Waals surface area contributed by atoms with E-state index in [9.17, 15) is 4.21 Å². The molecule has 0 heterocycles. The van der Waals surface area contributed by atoms with Crippen LogP contribution in [0.4, 0.5) is 0 Å². The van der Waals surface area contributed by atoms with E-state index in [1.54, 1.807) is 7.11 Å². The van der Waals surface area contributed by atoms with Gasteiger partial charge in [0.2, 0.25) is 0 Å². The van der Waals surface area contributed by atoms with E-state index in [1.165, 1.54) is 0 Å². The van der Waals surface area contributed by atoms with Gasteiger partial charge in [0, 0.05) is 12.0 Å². The minimum Gasteiger partial charge on any atom is -0.356 e. The number of hydrogen-bond acceptors (Lipinski definition) is 3. The van der Waals surface area contributed by atoms with Crippen molar-refractivity contribution in [2.24, 2.45) is 0 Å². The van der Waals surface area contributed by atoms with Gasteiger partial charge in [-0.25, -0.2) is 0 Å². The lowest BCUT2D eigenvalue weighted by atomic mass is 10.4. The van der Waals surface area contributed by atoms with Gasteiger partial charge in [0.05, 0.1) is 23.2 Å². The Morgan fingerprint density at radius 3 is 2.60 bits per heavy atom. The molecule has 1 rings (SSSR count). The molecule has 0 saturated carbocycles. The molecule has 0 aromatic heterocycles. The molecule has 15 heavy (non-hydrogen) atoms. The average Bonchev–Trinajstić information content (AvgIpc) is 2.29. The SMILES string of the molecule is COC(C)OCCS(=O)c1ccccc1. The highest BCUT2D eigenvalue weighted by Gasteiger charge is 2.04. The van der Waals surface area contributed by atoms with Crippen LogP contribution in [0, 0.1) is 0 Å². The average molecular weight is 228 g/mol. The first-order valence-electron chi connectivity index (χ1n) is 4.82. The smallest absolute Gasteiger partial charge is 0.154 e. The lowest BCUT2D eigenvalue weighted by Crippen LogP contribution is -2.15. The molecule has 1 aromatic carbocycles. The summed E-state index contributed by atoms with van der Waals surface area (Å²) in [5.74, 6) is 0.498. The fourth-order valence-electron chi connectivity index (χ4n) is 1.05. The molecule has 3 nitrogen and oxygen atoms in total. The third-order valence-corrected chi connectivity index (χ3v) is 3.29. The van der Waals surface area contributed by atoms with Crippen molar-refractivity contribution in [1.82, 2.24) is 0 Å². The molecule has 2 unspecified atom stereocenters. The number of benzene rings is 1. The number of hydrogen-bond donors (Lipinski definition) is 0. The second kappa shape index (κ2) is 6.71. The lowest BCUT2D eigenvalue weighted by molar-refractivity contribution is -0.105. The number of methoxy groups -OCH3 is 1. The summed E-state index contributed by atoms with van der Waals surface area (Å²) in [5.41, 5.74) is 0. The molecule has 0 fully saturated rings. The maximum absolute atomic E-state index is 11.7. The third-order valence-electron chi connectivity index (χ3n) is 1.96. The normalized spacial score (nSPS) is 14.8. The second-order valence-corrected chi connectivity index (χ2v) is 4.61. The minimum atomic E-state index is -0.982. The molecule has 0 N–H and O–H groups in total. The van der Waals surface area contributed by atoms with Crippen molar-refractivity contribution in [3.8, 4) is 0 Å². The van der Waals surface area contributed by atoms with E-state index in [4.69, 9.17) is 9.47 Å². The Hall–Kier alpha value is -0.710. The van der Waals surface area contributed by atoms with Crippen molar-refractivity contribution in [1.29, 1.82) is 0 Å². The molecule has 0 spiro atoms. The topological polar surface area (TPSA) is 35.5 Å². The Morgan fingerprint density at radius 2 is 2.00 bits per heavy atom. The standard InChI is InChI=1S/C11H16O3S/c1-10(13-2)14-8-9-15(12)11-6-4-3-5-7-11/h3-7,10H,8-9H2,1-2H3. The van der Waals surface area contributed by atoms with E-state index in [2.05, 4.69) is 0 Å².